The number of nitrogens with zero attached hydrogens (tertiary/aromatic N) is 1. The van der Waals surface area contributed by atoms with Gasteiger partial charge >= 0.3 is 0 Å². The predicted molar refractivity (Wildman–Crippen MR) is 59.5 cm³/mol. The van der Waals surface area contributed by atoms with Crippen molar-refractivity contribution in [2.45, 2.75) is 52.9 Å². The van der Waals surface area contributed by atoms with Gasteiger partial charge in [-0.1, -0.05) is 32.1 Å². The van der Waals surface area contributed by atoms with Crippen molar-refractivity contribution in [3.05, 3.63) is 0 Å². The third-order valence-corrected chi connectivity index (χ3v) is 2.16. The van der Waals surface area contributed by atoms with Crippen molar-refractivity contribution < 1.29 is 0 Å². The van der Waals surface area contributed by atoms with E-state index in [4.69, 9.17) is 0 Å². The summed E-state index contributed by atoms with van der Waals surface area (Å²) in [5.74, 6) is 3.22. The molecule has 0 aromatic heterocycles. The highest BCUT2D eigenvalue weighted by molar-refractivity contribution is 4.97. The molecule has 0 rings (SSSR count). The fourth-order valence-corrected chi connectivity index (χ4v) is 1.19. The van der Waals surface area contributed by atoms with Gasteiger partial charge < -0.3 is 4.90 Å². The van der Waals surface area contributed by atoms with Crippen LogP contribution in [0.25, 0.3) is 0 Å². The van der Waals surface area contributed by atoms with Crippen molar-refractivity contribution in [3.63, 3.8) is 0 Å². The first-order valence-corrected chi connectivity index (χ1v) is 5.58. The third kappa shape index (κ3) is 7.71. The van der Waals surface area contributed by atoms with Crippen LogP contribution in [0.4, 0.5) is 0 Å². The zero-order chi connectivity index (χ0) is 9.94. The minimum absolute atomic E-state index is 1.04. The van der Waals surface area contributed by atoms with Gasteiger partial charge in [-0.2, -0.15) is 0 Å². The van der Waals surface area contributed by atoms with Crippen LogP contribution in [-0.4, -0.2) is 18.0 Å². The molecule has 0 unspecified atom stereocenters. The second-order valence-electron chi connectivity index (χ2n) is 3.27. The zero-order valence-corrected chi connectivity index (χ0v) is 9.40. The highest BCUT2D eigenvalue weighted by Crippen LogP contribution is 2.00. The largest absolute Gasteiger partial charge is 0.333 e. The van der Waals surface area contributed by atoms with Gasteiger partial charge in [-0.05, 0) is 20.3 Å². The van der Waals surface area contributed by atoms with Crippen LogP contribution in [0.2, 0.25) is 0 Å². The maximum Gasteiger partial charge on any atom is 0.0232 e. The zero-order valence-electron chi connectivity index (χ0n) is 9.40. The van der Waals surface area contributed by atoms with E-state index in [1.165, 1.54) is 25.7 Å². The van der Waals surface area contributed by atoms with E-state index >= 15 is 0 Å². The molecule has 1 heteroatoms. The van der Waals surface area contributed by atoms with Crippen LogP contribution in [0.3, 0.4) is 0 Å². The van der Waals surface area contributed by atoms with E-state index in [0.717, 1.165) is 19.5 Å². The van der Waals surface area contributed by atoms with Gasteiger partial charge in [-0.3, -0.25) is 0 Å². The first-order chi connectivity index (χ1) is 6.35. The molecule has 0 saturated heterocycles. The summed E-state index contributed by atoms with van der Waals surface area (Å²) in [6.07, 6.45) is 6.33. The molecule has 0 radical (unpaired) electrons. The number of hydrogen-bond donors (Lipinski definition) is 0. The van der Waals surface area contributed by atoms with Crippen molar-refractivity contribution in [1.29, 1.82) is 0 Å². The lowest BCUT2D eigenvalue weighted by Crippen LogP contribution is -2.15. The molecule has 0 N–H and O–H groups in total. The number of unbranched alkanes of at least 4 members (excludes halogenated alkanes) is 4. The quantitative estimate of drug-likeness (QED) is 0.345. The Hall–Kier alpha value is -0.640. The molecule has 1 nitrogen and oxygen atoms in total. The van der Waals surface area contributed by atoms with Gasteiger partial charge in [0.1, 0.15) is 0 Å². The SMILES string of the molecule is CCCCCCC#CN(CC)CC. The van der Waals surface area contributed by atoms with E-state index in [1.807, 2.05) is 0 Å². The lowest BCUT2D eigenvalue weighted by atomic mass is 10.2. The van der Waals surface area contributed by atoms with E-state index < -0.39 is 0 Å². The third-order valence-electron chi connectivity index (χ3n) is 2.16. The van der Waals surface area contributed by atoms with Crippen molar-refractivity contribution >= 4 is 0 Å². The molecule has 0 aliphatic rings. The first kappa shape index (κ1) is 12.4. The van der Waals surface area contributed by atoms with Crippen LogP contribution < -0.4 is 0 Å². The van der Waals surface area contributed by atoms with E-state index in [0.29, 0.717) is 0 Å². The average Bonchev–Trinajstić information content (AvgIpc) is 2.17. The number of rotatable bonds is 6. The Morgan fingerprint density at radius 1 is 0.923 bits per heavy atom. The summed E-state index contributed by atoms with van der Waals surface area (Å²) in [4.78, 5) is 2.15. The van der Waals surface area contributed by atoms with Gasteiger partial charge in [0.25, 0.3) is 0 Å². The van der Waals surface area contributed by atoms with Gasteiger partial charge in [0.15, 0.2) is 0 Å². The molecular weight excluding hydrogens is 158 g/mol. The van der Waals surface area contributed by atoms with Gasteiger partial charge in [0.2, 0.25) is 0 Å². The summed E-state index contributed by atoms with van der Waals surface area (Å²) >= 11 is 0. The molecular formula is C12H23N. The molecule has 0 heterocycles. The minimum Gasteiger partial charge on any atom is -0.333 e. The highest BCUT2D eigenvalue weighted by atomic mass is 15.1. The van der Waals surface area contributed by atoms with Crippen LogP contribution >= 0.6 is 0 Å². The van der Waals surface area contributed by atoms with Crippen LogP contribution in [0.1, 0.15) is 52.9 Å². The second-order valence-corrected chi connectivity index (χ2v) is 3.27. The fourth-order valence-electron chi connectivity index (χ4n) is 1.19. The van der Waals surface area contributed by atoms with E-state index in [-0.39, 0.29) is 0 Å². The lowest BCUT2D eigenvalue weighted by Gasteiger charge is -2.10. The van der Waals surface area contributed by atoms with Gasteiger partial charge in [-0.15, -0.1) is 0 Å². The van der Waals surface area contributed by atoms with Crippen LogP contribution in [0.15, 0.2) is 0 Å². The molecule has 0 aromatic rings. The normalized spacial score (nSPS) is 9.15. The van der Waals surface area contributed by atoms with Crippen LogP contribution in [0, 0.1) is 12.0 Å². The predicted octanol–water partition coefficient (Wildman–Crippen LogP) is 3.26. The van der Waals surface area contributed by atoms with Gasteiger partial charge in [0.05, 0.1) is 0 Å². The fraction of sp³-hybridized carbons (Fsp3) is 0.833. The lowest BCUT2D eigenvalue weighted by molar-refractivity contribution is 0.443. The molecule has 0 saturated carbocycles. The second kappa shape index (κ2) is 9.45. The molecule has 0 spiro atoms. The maximum absolute atomic E-state index is 3.22. The monoisotopic (exact) mass is 181 g/mol. The highest BCUT2D eigenvalue weighted by Gasteiger charge is 1.88. The average molecular weight is 181 g/mol. The van der Waals surface area contributed by atoms with E-state index in [9.17, 15) is 0 Å². The van der Waals surface area contributed by atoms with E-state index in [1.54, 1.807) is 0 Å². The Balaban J connectivity index is 3.37. The summed E-state index contributed by atoms with van der Waals surface area (Å²) in [5.41, 5.74) is 0. The van der Waals surface area contributed by atoms with E-state index in [2.05, 4.69) is 37.6 Å². The molecule has 13 heavy (non-hydrogen) atoms. The summed E-state index contributed by atoms with van der Waals surface area (Å²) in [6, 6.07) is 3.18. The standard InChI is InChI=1S/C12H23N/c1-4-7-8-9-10-11-12-13(5-2)6-3/h4-10H2,1-3H3. The number of hydrogen-bond acceptors (Lipinski definition) is 1. The smallest absolute Gasteiger partial charge is 0.0232 e. The van der Waals surface area contributed by atoms with Gasteiger partial charge in [0, 0.05) is 25.6 Å². The summed E-state index contributed by atoms with van der Waals surface area (Å²) in [6.45, 7) is 8.61. The van der Waals surface area contributed by atoms with Crippen molar-refractivity contribution in [2.24, 2.45) is 0 Å². The molecule has 0 bridgehead atoms. The first-order valence-electron chi connectivity index (χ1n) is 5.58. The molecule has 76 valence electrons. The van der Waals surface area contributed by atoms with Crippen molar-refractivity contribution in [3.8, 4) is 12.0 Å². The Morgan fingerprint density at radius 2 is 1.62 bits per heavy atom. The molecule has 0 aliphatic heterocycles. The summed E-state index contributed by atoms with van der Waals surface area (Å²) in [7, 11) is 0. The maximum atomic E-state index is 3.22. The Morgan fingerprint density at radius 3 is 2.15 bits per heavy atom. The molecule has 0 atom stereocenters. The van der Waals surface area contributed by atoms with Gasteiger partial charge in [-0.25, -0.2) is 0 Å². The molecule has 0 amide bonds. The Labute approximate surface area is 83.5 Å². The Kier molecular flexibility index (Phi) is 8.98. The molecule has 0 aliphatic carbocycles. The van der Waals surface area contributed by atoms with Crippen molar-refractivity contribution in [1.82, 2.24) is 4.90 Å². The van der Waals surface area contributed by atoms with Crippen LogP contribution in [0.5, 0.6) is 0 Å². The molecule has 0 fully saturated rings. The van der Waals surface area contributed by atoms with Crippen molar-refractivity contribution in [2.75, 3.05) is 13.1 Å². The minimum atomic E-state index is 1.04. The summed E-state index contributed by atoms with van der Waals surface area (Å²) in [5, 5.41) is 0. The molecule has 0 aromatic carbocycles. The Bertz CT molecular complexity index is 148. The topological polar surface area (TPSA) is 3.24 Å². The van der Waals surface area contributed by atoms with Crippen LogP contribution in [-0.2, 0) is 0 Å². The summed E-state index contributed by atoms with van der Waals surface area (Å²) < 4.78 is 0.